The Morgan fingerprint density at radius 2 is 1.89 bits per heavy atom. The number of carbonyl (C=O) groups is 1. The molecule has 1 unspecified atom stereocenters. The first-order valence-corrected chi connectivity index (χ1v) is 6.57. The Morgan fingerprint density at radius 1 is 1.16 bits per heavy atom. The molecular weight excluding hydrogens is 258 g/mol. The fraction of sp³-hybridized carbons (Fsp3) is 0.188. The topological polar surface area (TPSA) is 29.1 Å². The monoisotopic (exact) mass is 273 g/mol. The minimum absolute atomic E-state index is 0.0730. The quantitative estimate of drug-likeness (QED) is 0.895. The van der Waals surface area contributed by atoms with Crippen LogP contribution in [-0.4, -0.2) is 5.91 Å². The zero-order valence-corrected chi connectivity index (χ0v) is 11.7. The Morgan fingerprint density at radius 3 is 2.58 bits per heavy atom. The zero-order chi connectivity index (χ0) is 13.8. The summed E-state index contributed by atoms with van der Waals surface area (Å²) in [5.74, 6) is -0.0730. The average molecular weight is 274 g/mol. The van der Waals surface area contributed by atoms with E-state index in [1.54, 1.807) is 0 Å². The molecule has 0 saturated carbocycles. The fourth-order valence-corrected chi connectivity index (χ4v) is 2.12. The lowest BCUT2D eigenvalue weighted by atomic mass is 10.1. The van der Waals surface area contributed by atoms with Crippen LogP contribution in [0.5, 0.6) is 0 Å². The van der Waals surface area contributed by atoms with Crippen molar-refractivity contribution in [3.8, 4) is 0 Å². The van der Waals surface area contributed by atoms with Gasteiger partial charge in [0.1, 0.15) is 0 Å². The number of rotatable bonds is 3. The second-order valence-electron chi connectivity index (χ2n) is 4.62. The standard InChI is InChI=1S/C16H16ClNO/c1-11-5-3-7-14(9-11)16(19)18-12(2)13-6-4-8-15(17)10-13/h3-10,12H,1-2H3,(H,18,19). The van der Waals surface area contributed by atoms with Gasteiger partial charge in [0, 0.05) is 10.6 Å². The predicted octanol–water partition coefficient (Wildman–Crippen LogP) is 4.14. The molecule has 98 valence electrons. The molecule has 0 radical (unpaired) electrons. The van der Waals surface area contributed by atoms with E-state index in [4.69, 9.17) is 11.6 Å². The molecular formula is C16H16ClNO. The highest BCUT2D eigenvalue weighted by Crippen LogP contribution is 2.18. The maximum absolute atomic E-state index is 12.1. The number of aryl methyl sites for hydroxylation is 1. The number of carbonyl (C=O) groups excluding carboxylic acids is 1. The summed E-state index contributed by atoms with van der Waals surface area (Å²) in [4.78, 5) is 12.1. The summed E-state index contributed by atoms with van der Waals surface area (Å²) in [7, 11) is 0. The van der Waals surface area contributed by atoms with Crippen molar-refractivity contribution < 1.29 is 4.79 Å². The van der Waals surface area contributed by atoms with Crippen LogP contribution < -0.4 is 5.32 Å². The van der Waals surface area contributed by atoms with E-state index in [0.717, 1.165) is 11.1 Å². The third-order valence-corrected chi connectivity index (χ3v) is 3.21. The molecule has 0 heterocycles. The Balaban J connectivity index is 2.11. The molecule has 1 atom stereocenters. The van der Waals surface area contributed by atoms with E-state index in [-0.39, 0.29) is 11.9 Å². The van der Waals surface area contributed by atoms with Gasteiger partial charge in [0.2, 0.25) is 0 Å². The molecule has 2 nitrogen and oxygen atoms in total. The van der Waals surface area contributed by atoms with E-state index < -0.39 is 0 Å². The molecule has 0 bridgehead atoms. The van der Waals surface area contributed by atoms with Gasteiger partial charge < -0.3 is 5.32 Å². The van der Waals surface area contributed by atoms with Crippen LogP contribution in [0.4, 0.5) is 0 Å². The largest absolute Gasteiger partial charge is 0.346 e. The smallest absolute Gasteiger partial charge is 0.251 e. The van der Waals surface area contributed by atoms with Crippen molar-refractivity contribution >= 4 is 17.5 Å². The van der Waals surface area contributed by atoms with Crippen LogP contribution in [-0.2, 0) is 0 Å². The van der Waals surface area contributed by atoms with Crippen molar-refractivity contribution in [2.45, 2.75) is 19.9 Å². The maximum Gasteiger partial charge on any atom is 0.251 e. The molecule has 0 aliphatic heterocycles. The van der Waals surface area contributed by atoms with E-state index in [2.05, 4.69) is 5.32 Å². The van der Waals surface area contributed by atoms with Crippen LogP contribution >= 0.6 is 11.6 Å². The van der Waals surface area contributed by atoms with Gasteiger partial charge in [-0.2, -0.15) is 0 Å². The Kier molecular flexibility index (Phi) is 4.23. The van der Waals surface area contributed by atoms with Crippen LogP contribution in [0.2, 0.25) is 5.02 Å². The van der Waals surface area contributed by atoms with Crippen LogP contribution in [0.25, 0.3) is 0 Å². The molecule has 1 N–H and O–H groups in total. The van der Waals surface area contributed by atoms with Gasteiger partial charge in [-0.25, -0.2) is 0 Å². The molecule has 2 aromatic rings. The lowest BCUT2D eigenvalue weighted by Crippen LogP contribution is -2.26. The van der Waals surface area contributed by atoms with Crippen LogP contribution in [0.1, 0.15) is 34.5 Å². The van der Waals surface area contributed by atoms with Gasteiger partial charge in [-0.15, -0.1) is 0 Å². The minimum Gasteiger partial charge on any atom is -0.346 e. The summed E-state index contributed by atoms with van der Waals surface area (Å²) in [6.45, 7) is 3.91. The van der Waals surface area contributed by atoms with E-state index >= 15 is 0 Å². The first kappa shape index (κ1) is 13.6. The minimum atomic E-state index is -0.0771. The lowest BCUT2D eigenvalue weighted by molar-refractivity contribution is 0.0940. The Labute approximate surface area is 118 Å². The van der Waals surface area contributed by atoms with Crippen LogP contribution in [0.3, 0.4) is 0 Å². The highest BCUT2D eigenvalue weighted by atomic mass is 35.5. The van der Waals surface area contributed by atoms with Gasteiger partial charge in [-0.05, 0) is 43.7 Å². The molecule has 0 spiro atoms. The summed E-state index contributed by atoms with van der Waals surface area (Å²) in [5.41, 5.74) is 2.74. The predicted molar refractivity (Wildman–Crippen MR) is 78.5 cm³/mol. The molecule has 0 aliphatic carbocycles. The SMILES string of the molecule is Cc1cccc(C(=O)NC(C)c2cccc(Cl)c2)c1. The second kappa shape index (κ2) is 5.89. The van der Waals surface area contributed by atoms with E-state index in [1.807, 2.05) is 62.4 Å². The molecule has 19 heavy (non-hydrogen) atoms. The summed E-state index contributed by atoms with van der Waals surface area (Å²) in [5, 5.41) is 3.64. The third kappa shape index (κ3) is 3.58. The summed E-state index contributed by atoms with van der Waals surface area (Å²) >= 11 is 5.95. The van der Waals surface area contributed by atoms with Crippen molar-refractivity contribution in [2.75, 3.05) is 0 Å². The van der Waals surface area contributed by atoms with E-state index in [0.29, 0.717) is 10.6 Å². The first-order valence-electron chi connectivity index (χ1n) is 6.19. The lowest BCUT2D eigenvalue weighted by Gasteiger charge is -2.14. The number of halogens is 1. The normalized spacial score (nSPS) is 11.9. The molecule has 2 rings (SSSR count). The average Bonchev–Trinajstić information content (AvgIpc) is 2.38. The van der Waals surface area contributed by atoms with Crippen molar-refractivity contribution in [3.05, 3.63) is 70.2 Å². The summed E-state index contributed by atoms with van der Waals surface area (Å²) in [6, 6.07) is 15.0. The van der Waals surface area contributed by atoms with Crippen molar-refractivity contribution in [2.24, 2.45) is 0 Å². The molecule has 0 aliphatic rings. The van der Waals surface area contributed by atoms with Crippen LogP contribution in [0, 0.1) is 6.92 Å². The number of amides is 1. The number of benzene rings is 2. The number of hydrogen-bond acceptors (Lipinski definition) is 1. The molecule has 2 aromatic carbocycles. The maximum atomic E-state index is 12.1. The summed E-state index contributed by atoms with van der Waals surface area (Å²) in [6.07, 6.45) is 0. The van der Waals surface area contributed by atoms with Gasteiger partial charge >= 0.3 is 0 Å². The highest BCUT2D eigenvalue weighted by Gasteiger charge is 2.11. The first-order chi connectivity index (χ1) is 9.06. The van der Waals surface area contributed by atoms with Gasteiger partial charge in [0.15, 0.2) is 0 Å². The number of nitrogens with one attached hydrogen (secondary N) is 1. The Bertz CT molecular complexity index is 595. The van der Waals surface area contributed by atoms with E-state index in [9.17, 15) is 4.79 Å². The van der Waals surface area contributed by atoms with E-state index in [1.165, 1.54) is 0 Å². The Hall–Kier alpha value is -1.80. The van der Waals surface area contributed by atoms with Gasteiger partial charge in [-0.1, -0.05) is 41.4 Å². The molecule has 0 aromatic heterocycles. The van der Waals surface area contributed by atoms with Gasteiger partial charge in [0.05, 0.1) is 6.04 Å². The third-order valence-electron chi connectivity index (χ3n) is 2.98. The van der Waals surface area contributed by atoms with Gasteiger partial charge in [0.25, 0.3) is 5.91 Å². The summed E-state index contributed by atoms with van der Waals surface area (Å²) < 4.78 is 0. The molecule has 0 saturated heterocycles. The highest BCUT2D eigenvalue weighted by molar-refractivity contribution is 6.30. The molecule has 0 fully saturated rings. The van der Waals surface area contributed by atoms with Crippen molar-refractivity contribution in [3.63, 3.8) is 0 Å². The van der Waals surface area contributed by atoms with Crippen molar-refractivity contribution in [1.29, 1.82) is 0 Å². The fourth-order valence-electron chi connectivity index (χ4n) is 1.93. The second-order valence-corrected chi connectivity index (χ2v) is 5.06. The van der Waals surface area contributed by atoms with Crippen molar-refractivity contribution in [1.82, 2.24) is 5.32 Å². The number of hydrogen-bond donors (Lipinski definition) is 1. The van der Waals surface area contributed by atoms with Gasteiger partial charge in [-0.3, -0.25) is 4.79 Å². The molecule has 1 amide bonds. The molecule has 3 heteroatoms. The zero-order valence-electron chi connectivity index (χ0n) is 11.0. The van der Waals surface area contributed by atoms with Crippen LogP contribution in [0.15, 0.2) is 48.5 Å².